The lowest BCUT2D eigenvalue weighted by Gasteiger charge is -2.37. The third-order valence-electron chi connectivity index (χ3n) is 6.80. The van der Waals surface area contributed by atoms with Crippen LogP contribution in [0.4, 0.5) is 14.6 Å². The third kappa shape index (κ3) is 5.87. The van der Waals surface area contributed by atoms with Gasteiger partial charge in [-0.05, 0) is 60.1 Å². The topological polar surface area (TPSA) is 99.8 Å². The minimum atomic E-state index is -2.68. The molecule has 4 rings (SSSR count). The highest BCUT2D eigenvalue weighted by Crippen LogP contribution is 2.47. The second-order valence-corrected chi connectivity index (χ2v) is 10.5. The van der Waals surface area contributed by atoms with Gasteiger partial charge in [-0.3, -0.25) is 4.79 Å². The van der Waals surface area contributed by atoms with E-state index in [9.17, 15) is 13.6 Å². The fourth-order valence-corrected chi connectivity index (χ4v) is 5.17. The SMILES string of the molecule is COc1cc(C(=O)N2CCC(c3cnc(N)cc3OC)CC2)ncc1OCC1CC(C(F)(F)I)C1. The summed E-state index contributed by atoms with van der Waals surface area (Å²) in [5.41, 5.74) is 7.03. The lowest BCUT2D eigenvalue weighted by Crippen LogP contribution is -2.38. The van der Waals surface area contributed by atoms with Gasteiger partial charge in [-0.1, -0.05) is 0 Å². The number of rotatable bonds is 8. The first kappa shape index (κ1) is 25.6. The lowest BCUT2D eigenvalue weighted by atomic mass is 9.75. The van der Waals surface area contributed by atoms with Crippen molar-refractivity contribution in [2.24, 2.45) is 11.8 Å². The predicted molar refractivity (Wildman–Crippen MR) is 135 cm³/mol. The van der Waals surface area contributed by atoms with Gasteiger partial charge in [-0.15, -0.1) is 0 Å². The second-order valence-electron chi connectivity index (χ2n) is 9.02. The Morgan fingerprint density at radius 1 is 1.11 bits per heavy atom. The van der Waals surface area contributed by atoms with E-state index in [0.29, 0.717) is 55.6 Å². The molecular weight excluding hydrogens is 573 g/mol. The van der Waals surface area contributed by atoms with Crippen molar-refractivity contribution in [2.75, 3.05) is 39.6 Å². The molecule has 3 heterocycles. The predicted octanol–water partition coefficient (Wildman–Crippen LogP) is 4.53. The number of pyridine rings is 2. The Morgan fingerprint density at radius 3 is 2.43 bits per heavy atom. The van der Waals surface area contributed by atoms with Gasteiger partial charge in [0.15, 0.2) is 11.5 Å². The van der Waals surface area contributed by atoms with Crippen molar-refractivity contribution in [3.05, 3.63) is 35.8 Å². The molecule has 2 N–H and O–H groups in total. The number of hydrogen-bond donors (Lipinski definition) is 1. The number of alkyl halides is 3. The molecule has 190 valence electrons. The summed E-state index contributed by atoms with van der Waals surface area (Å²) in [5, 5.41) is 0. The maximum atomic E-state index is 13.3. The first-order valence-electron chi connectivity index (χ1n) is 11.5. The normalized spacial score (nSPS) is 20.8. The zero-order valence-corrected chi connectivity index (χ0v) is 21.8. The molecule has 2 aromatic heterocycles. The largest absolute Gasteiger partial charge is 0.496 e. The van der Waals surface area contributed by atoms with Crippen molar-refractivity contribution in [3.63, 3.8) is 0 Å². The molecule has 2 fully saturated rings. The summed E-state index contributed by atoms with van der Waals surface area (Å²) >= 11 is 1.20. The van der Waals surface area contributed by atoms with Crippen LogP contribution < -0.4 is 19.9 Å². The molecule has 2 aliphatic rings. The van der Waals surface area contributed by atoms with Crippen LogP contribution in [0, 0.1) is 11.8 Å². The van der Waals surface area contributed by atoms with E-state index >= 15 is 0 Å². The molecule has 0 radical (unpaired) electrons. The number of anilines is 1. The maximum absolute atomic E-state index is 13.3. The van der Waals surface area contributed by atoms with E-state index in [1.807, 2.05) is 0 Å². The molecule has 1 amide bonds. The number of hydrogen-bond acceptors (Lipinski definition) is 7. The van der Waals surface area contributed by atoms with E-state index in [2.05, 4.69) is 9.97 Å². The van der Waals surface area contributed by atoms with E-state index in [1.54, 1.807) is 30.3 Å². The number of halogens is 3. The van der Waals surface area contributed by atoms with E-state index in [0.717, 1.165) is 18.4 Å². The van der Waals surface area contributed by atoms with Gasteiger partial charge >= 0.3 is 0 Å². The first-order valence-corrected chi connectivity index (χ1v) is 12.6. The number of carbonyl (C=O) groups excluding carboxylic acids is 1. The number of nitrogen functional groups attached to an aromatic ring is 1. The van der Waals surface area contributed by atoms with Gasteiger partial charge in [0.1, 0.15) is 17.3 Å². The Morgan fingerprint density at radius 2 is 1.80 bits per heavy atom. The summed E-state index contributed by atoms with van der Waals surface area (Å²) in [5.74, 6) is 1.43. The average Bonchev–Trinajstić information content (AvgIpc) is 2.81. The van der Waals surface area contributed by atoms with Gasteiger partial charge in [0.2, 0.25) is 0 Å². The fourth-order valence-electron chi connectivity index (χ4n) is 4.66. The highest BCUT2D eigenvalue weighted by atomic mass is 127. The zero-order valence-electron chi connectivity index (χ0n) is 19.7. The molecule has 1 saturated heterocycles. The zero-order chi connectivity index (χ0) is 25.2. The minimum absolute atomic E-state index is 0.0721. The molecule has 11 heteroatoms. The molecule has 35 heavy (non-hydrogen) atoms. The molecule has 1 saturated carbocycles. The van der Waals surface area contributed by atoms with Crippen molar-refractivity contribution in [1.29, 1.82) is 0 Å². The van der Waals surface area contributed by atoms with Gasteiger partial charge in [-0.2, -0.15) is 8.78 Å². The highest BCUT2D eigenvalue weighted by molar-refractivity contribution is 14.1. The van der Waals surface area contributed by atoms with Crippen molar-refractivity contribution < 1.29 is 27.8 Å². The van der Waals surface area contributed by atoms with Crippen molar-refractivity contribution >= 4 is 34.3 Å². The molecule has 8 nitrogen and oxygen atoms in total. The summed E-state index contributed by atoms with van der Waals surface area (Å²) in [4.78, 5) is 23.3. The smallest absolute Gasteiger partial charge is 0.299 e. The quantitative estimate of drug-likeness (QED) is 0.350. The van der Waals surface area contributed by atoms with Crippen LogP contribution in [0.25, 0.3) is 0 Å². The number of carbonyl (C=O) groups is 1. The van der Waals surface area contributed by atoms with E-state index in [1.165, 1.54) is 35.9 Å². The van der Waals surface area contributed by atoms with Crippen molar-refractivity contribution in [1.82, 2.24) is 14.9 Å². The minimum Gasteiger partial charge on any atom is -0.496 e. The van der Waals surface area contributed by atoms with Crippen molar-refractivity contribution in [2.45, 2.75) is 35.5 Å². The average molecular weight is 602 g/mol. The van der Waals surface area contributed by atoms with Crippen LogP contribution in [0.5, 0.6) is 17.2 Å². The monoisotopic (exact) mass is 602 g/mol. The number of methoxy groups -OCH3 is 2. The number of aromatic nitrogens is 2. The molecule has 2 aromatic rings. The number of likely N-dealkylation sites (tertiary alicyclic amines) is 1. The van der Waals surface area contributed by atoms with Crippen LogP contribution in [-0.4, -0.2) is 58.6 Å². The standard InChI is InChI=1S/C24H29F2IN4O4/c1-33-19-10-22(28)30-11-17(19)15-3-5-31(6-4-15)23(32)18-9-20(34-2)21(12-29-18)35-13-14-7-16(8-14)24(25,26)27/h9-12,14-16H,3-8,13H2,1-2H3,(H2,28,30). The maximum Gasteiger partial charge on any atom is 0.299 e. The fraction of sp³-hybridized carbons (Fsp3) is 0.542. The van der Waals surface area contributed by atoms with Gasteiger partial charge in [0.05, 0.1) is 27.0 Å². The van der Waals surface area contributed by atoms with Crippen LogP contribution in [0.3, 0.4) is 0 Å². The molecule has 1 aliphatic carbocycles. The van der Waals surface area contributed by atoms with Gasteiger partial charge in [0, 0.05) is 42.9 Å². The summed E-state index contributed by atoms with van der Waals surface area (Å²) < 4.78 is 40.6. The van der Waals surface area contributed by atoms with Crippen LogP contribution in [-0.2, 0) is 0 Å². The summed E-state index contributed by atoms with van der Waals surface area (Å²) in [6.45, 7) is 1.46. The van der Waals surface area contributed by atoms with Gasteiger partial charge in [0.25, 0.3) is 9.84 Å². The molecule has 0 bridgehead atoms. The molecule has 0 unspecified atom stereocenters. The molecule has 1 aliphatic heterocycles. The van der Waals surface area contributed by atoms with Crippen LogP contribution >= 0.6 is 22.6 Å². The van der Waals surface area contributed by atoms with Crippen molar-refractivity contribution in [3.8, 4) is 17.2 Å². The third-order valence-corrected chi connectivity index (χ3v) is 7.68. The van der Waals surface area contributed by atoms with Crippen LogP contribution in [0.2, 0.25) is 0 Å². The number of ether oxygens (including phenoxy) is 3. The van der Waals surface area contributed by atoms with Crippen LogP contribution in [0.1, 0.15) is 47.7 Å². The summed E-state index contributed by atoms with van der Waals surface area (Å²) in [6, 6.07) is 3.29. The summed E-state index contributed by atoms with van der Waals surface area (Å²) in [6.07, 6.45) is 5.60. The Hall–Kier alpha value is -2.44. The van der Waals surface area contributed by atoms with Gasteiger partial charge < -0.3 is 24.8 Å². The Balaban J connectivity index is 1.34. The van der Waals surface area contributed by atoms with E-state index in [4.69, 9.17) is 19.9 Å². The molecule has 0 spiro atoms. The number of piperidine rings is 1. The van der Waals surface area contributed by atoms with Gasteiger partial charge in [-0.25, -0.2) is 9.97 Å². The van der Waals surface area contributed by atoms with Crippen LogP contribution in [0.15, 0.2) is 24.5 Å². The number of nitrogens with two attached hydrogens (primary N) is 1. The molecule has 0 aromatic carbocycles. The number of amides is 1. The Bertz CT molecular complexity index is 1050. The molecular formula is C24H29F2IN4O4. The first-order chi connectivity index (χ1) is 16.7. The highest BCUT2D eigenvalue weighted by Gasteiger charge is 2.45. The Kier molecular flexibility index (Phi) is 7.82. The summed E-state index contributed by atoms with van der Waals surface area (Å²) in [7, 11) is 3.10. The van der Waals surface area contributed by atoms with E-state index < -0.39 is 9.85 Å². The van der Waals surface area contributed by atoms with E-state index in [-0.39, 0.29) is 23.4 Å². The molecule has 0 atom stereocenters. The Labute approximate surface area is 216 Å². The number of nitrogens with zero attached hydrogens (tertiary/aromatic N) is 3. The second kappa shape index (κ2) is 10.7. The lowest BCUT2D eigenvalue weighted by molar-refractivity contribution is -0.0244.